The standard InChI is InChI=1S/C11H24O2/c1-9(2)5-6-11(4)13-8-7-10(3)12/h9-12H,5-8H2,1-4H3. The molecule has 0 heterocycles. The molecule has 0 aromatic rings. The van der Waals surface area contributed by atoms with Gasteiger partial charge in [-0.2, -0.15) is 0 Å². The number of rotatable bonds is 7. The number of hydrogen-bond acceptors (Lipinski definition) is 2. The monoisotopic (exact) mass is 188 g/mol. The first kappa shape index (κ1) is 12.9. The Labute approximate surface area is 82.3 Å². The van der Waals surface area contributed by atoms with Crippen molar-refractivity contribution in [2.24, 2.45) is 5.92 Å². The summed E-state index contributed by atoms with van der Waals surface area (Å²) in [7, 11) is 0. The molecular weight excluding hydrogens is 164 g/mol. The van der Waals surface area contributed by atoms with Crippen molar-refractivity contribution in [1.29, 1.82) is 0 Å². The van der Waals surface area contributed by atoms with Crippen LogP contribution in [-0.4, -0.2) is 23.9 Å². The van der Waals surface area contributed by atoms with Crippen LogP contribution in [-0.2, 0) is 4.74 Å². The maximum absolute atomic E-state index is 9.00. The van der Waals surface area contributed by atoms with E-state index in [-0.39, 0.29) is 6.10 Å². The smallest absolute Gasteiger partial charge is 0.0547 e. The molecule has 2 unspecified atom stereocenters. The lowest BCUT2D eigenvalue weighted by Gasteiger charge is -2.14. The van der Waals surface area contributed by atoms with E-state index in [0.717, 1.165) is 18.8 Å². The minimum atomic E-state index is -0.239. The second-order valence-corrected chi connectivity index (χ2v) is 4.29. The summed E-state index contributed by atoms with van der Waals surface area (Å²) < 4.78 is 5.54. The van der Waals surface area contributed by atoms with Crippen molar-refractivity contribution in [1.82, 2.24) is 0 Å². The molecule has 2 nitrogen and oxygen atoms in total. The van der Waals surface area contributed by atoms with Gasteiger partial charge in [0, 0.05) is 6.61 Å². The van der Waals surface area contributed by atoms with Gasteiger partial charge in [-0.3, -0.25) is 0 Å². The molecule has 0 spiro atoms. The van der Waals surface area contributed by atoms with E-state index < -0.39 is 0 Å². The van der Waals surface area contributed by atoms with Gasteiger partial charge in [-0.15, -0.1) is 0 Å². The van der Waals surface area contributed by atoms with Crippen LogP contribution in [0.25, 0.3) is 0 Å². The second kappa shape index (κ2) is 7.34. The van der Waals surface area contributed by atoms with Crippen molar-refractivity contribution in [3.8, 4) is 0 Å². The lowest BCUT2D eigenvalue weighted by atomic mass is 10.1. The first-order valence-corrected chi connectivity index (χ1v) is 5.32. The number of hydrogen-bond donors (Lipinski definition) is 1. The third-order valence-electron chi connectivity index (χ3n) is 2.09. The van der Waals surface area contributed by atoms with Gasteiger partial charge in [0.05, 0.1) is 12.2 Å². The first-order chi connectivity index (χ1) is 6.02. The number of aliphatic hydroxyl groups is 1. The van der Waals surface area contributed by atoms with Crippen LogP contribution in [0.3, 0.4) is 0 Å². The van der Waals surface area contributed by atoms with Gasteiger partial charge in [0.25, 0.3) is 0 Å². The fourth-order valence-electron chi connectivity index (χ4n) is 1.09. The largest absolute Gasteiger partial charge is 0.393 e. The van der Waals surface area contributed by atoms with Crippen LogP contribution < -0.4 is 0 Å². The van der Waals surface area contributed by atoms with Gasteiger partial charge in [-0.1, -0.05) is 13.8 Å². The molecule has 0 radical (unpaired) electrons. The van der Waals surface area contributed by atoms with E-state index in [1.54, 1.807) is 6.92 Å². The Balaban J connectivity index is 3.25. The van der Waals surface area contributed by atoms with Gasteiger partial charge in [0.2, 0.25) is 0 Å². The summed E-state index contributed by atoms with van der Waals surface area (Å²) >= 11 is 0. The van der Waals surface area contributed by atoms with Crippen molar-refractivity contribution in [3.63, 3.8) is 0 Å². The Morgan fingerprint density at radius 1 is 1.00 bits per heavy atom. The minimum absolute atomic E-state index is 0.239. The molecular formula is C11H24O2. The maximum Gasteiger partial charge on any atom is 0.0547 e. The van der Waals surface area contributed by atoms with Gasteiger partial charge in [0.1, 0.15) is 0 Å². The Hall–Kier alpha value is -0.0800. The highest BCUT2D eigenvalue weighted by molar-refractivity contribution is 4.54. The van der Waals surface area contributed by atoms with E-state index in [4.69, 9.17) is 9.84 Å². The predicted octanol–water partition coefficient (Wildman–Crippen LogP) is 2.60. The van der Waals surface area contributed by atoms with E-state index in [1.807, 2.05) is 0 Å². The van der Waals surface area contributed by atoms with Crippen molar-refractivity contribution in [3.05, 3.63) is 0 Å². The molecule has 80 valence electrons. The summed E-state index contributed by atoms with van der Waals surface area (Å²) in [5, 5.41) is 9.00. The Kier molecular flexibility index (Phi) is 7.29. The average molecular weight is 188 g/mol. The van der Waals surface area contributed by atoms with Gasteiger partial charge in [-0.25, -0.2) is 0 Å². The van der Waals surface area contributed by atoms with E-state index >= 15 is 0 Å². The zero-order valence-electron chi connectivity index (χ0n) is 9.42. The van der Waals surface area contributed by atoms with Crippen LogP contribution in [0.15, 0.2) is 0 Å². The molecule has 0 aromatic heterocycles. The van der Waals surface area contributed by atoms with Crippen molar-refractivity contribution < 1.29 is 9.84 Å². The van der Waals surface area contributed by atoms with E-state index in [9.17, 15) is 0 Å². The summed E-state index contributed by atoms with van der Waals surface area (Å²) in [6, 6.07) is 0. The third-order valence-corrected chi connectivity index (χ3v) is 2.09. The fourth-order valence-corrected chi connectivity index (χ4v) is 1.09. The molecule has 0 bridgehead atoms. The molecule has 0 saturated heterocycles. The molecule has 2 heteroatoms. The highest BCUT2D eigenvalue weighted by atomic mass is 16.5. The average Bonchev–Trinajstić information content (AvgIpc) is 2.00. The van der Waals surface area contributed by atoms with Crippen LogP contribution in [0, 0.1) is 5.92 Å². The molecule has 0 rings (SSSR count). The van der Waals surface area contributed by atoms with Crippen LogP contribution in [0.2, 0.25) is 0 Å². The summed E-state index contributed by atoms with van der Waals surface area (Å²) in [6.07, 6.45) is 3.18. The molecule has 0 saturated carbocycles. The topological polar surface area (TPSA) is 29.5 Å². The lowest BCUT2D eigenvalue weighted by molar-refractivity contribution is 0.0346. The van der Waals surface area contributed by atoms with Crippen molar-refractivity contribution in [2.45, 2.75) is 59.2 Å². The molecule has 0 aromatic carbocycles. The van der Waals surface area contributed by atoms with Gasteiger partial charge in [0.15, 0.2) is 0 Å². The summed E-state index contributed by atoms with van der Waals surface area (Å²) in [6.45, 7) is 9.02. The summed E-state index contributed by atoms with van der Waals surface area (Å²) in [4.78, 5) is 0. The molecule has 0 aliphatic carbocycles. The minimum Gasteiger partial charge on any atom is -0.393 e. The molecule has 0 fully saturated rings. The fraction of sp³-hybridized carbons (Fsp3) is 1.00. The van der Waals surface area contributed by atoms with Crippen LogP contribution in [0.4, 0.5) is 0 Å². The molecule has 13 heavy (non-hydrogen) atoms. The number of aliphatic hydroxyl groups excluding tert-OH is 1. The zero-order valence-corrected chi connectivity index (χ0v) is 9.42. The van der Waals surface area contributed by atoms with Gasteiger partial charge >= 0.3 is 0 Å². The van der Waals surface area contributed by atoms with E-state index in [0.29, 0.717) is 12.7 Å². The van der Waals surface area contributed by atoms with Crippen molar-refractivity contribution in [2.75, 3.05) is 6.61 Å². The van der Waals surface area contributed by atoms with E-state index in [1.165, 1.54) is 6.42 Å². The predicted molar refractivity (Wildman–Crippen MR) is 55.8 cm³/mol. The Bertz CT molecular complexity index is 111. The Morgan fingerprint density at radius 2 is 1.62 bits per heavy atom. The molecule has 0 aliphatic rings. The van der Waals surface area contributed by atoms with Crippen LogP contribution in [0.1, 0.15) is 47.0 Å². The van der Waals surface area contributed by atoms with Gasteiger partial charge in [-0.05, 0) is 39.0 Å². The number of ether oxygens (including phenoxy) is 1. The van der Waals surface area contributed by atoms with Gasteiger partial charge < -0.3 is 9.84 Å². The molecule has 0 aliphatic heterocycles. The first-order valence-electron chi connectivity index (χ1n) is 5.32. The molecule has 1 N–H and O–H groups in total. The quantitative estimate of drug-likeness (QED) is 0.665. The highest BCUT2D eigenvalue weighted by Crippen LogP contribution is 2.09. The molecule has 2 atom stereocenters. The normalized spacial score (nSPS) is 16.2. The summed E-state index contributed by atoms with van der Waals surface area (Å²) in [5.41, 5.74) is 0. The zero-order chi connectivity index (χ0) is 10.3. The molecule has 0 amide bonds. The maximum atomic E-state index is 9.00. The Morgan fingerprint density at radius 3 is 2.08 bits per heavy atom. The van der Waals surface area contributed by atoms with Crippen LogP contribution >= 0.6 is 0 Å². The van der Waals surface area contributed by atoms with Crippen molar-refractivity contribution >= 4 is 0 Å². The van der Waals surface area contributed by atoms with E-state index in [2.05, 4.69) is 20.8 Å². The SMILES string of the molecule is CC(C)CCC(C)OCCC(C)O. The highest BCUT2D eigenvalue weighted by Gasteiger charge is 2.04. The van der Waals surface area contributed by atoms with Crippen LogP contribution in [0.5, 0.6) is 0 Å². The summed E-state index contributed by atoms with van der Waals surface area (Å²) in [5.74, 6) is 0.753. The lowest BCUT2D eigenvalue weighted by Crippen LogP contribution is -2.13. The second-order valence-electron chi connectivity index (χ2n) is 4.29. The third kappa shape index (κ3) is 9.84.